The molecule has 0 amide bonds. The molecule has 4 nitrogen and oxygen atoms in total. The van der Waals surface area contributed by atoms with E-state index in [1.807, 2.05) is 0 Å². The van der Waals surface area contributed by atoms with Crippen LogP contribution in [0.3, 0.4) is 0 Å². The molecule has 0 aromatic rings. The standard InChI is InChI=1S/C15H27NO3/c1-2-3-10-16(13-4-5-13)11-15(19)8-6-12(7-9-15)14(17)18/h12-13,19H,2-11H2,1H3,(H,17,18). The molecule has 4 heteroatoms. The van der Waals surface area contributed by atoms with Gasteiger partial charge in [-0.15, -0.1) is 0 Å². The molecule has 0 unspecified atom stereocenters. The Morgan fingerprint density at radius 1 is 1.26 bits per heavy atom. The number of carbonyl (C=O) groups is 1. The molecule has 2 rings (SSSR count). The smallest absolute Gasteiger partial charge is 0.306 e. The molecule has 0 radical (unpaired) electrons. The van der Waals surface area contributed by atoms with Crippen LogP contribution in [0.4, 0.5) is 0 Å². The van der Waals surface area contributed by atoms with Crippen molar-refractivity contribution in [1.82, 2.24) is 4.90 Å². The van der Waals surface area contributed by atoms with Gasteiger partial charge in [-0.25, -0.2) is 0 Å². The molecular weight excluding hydrogens is 242 g/mol. The van der Waals surface area contributed by atoms with E-state index in [-0.39, 0.29) is 5.92 Å². The summed E-state index contributed by atoms with van der Waals surface area (Å²) < 4.78 is 0. The Balaban J connectivity index is 1.84. The first-order valence-electron chi connectivity index (χ1n) is 7.73. The Kier molecular flexibility index (Phi) is 4.85. The molecule has 0 spiro atoms. The molecule has 0 saturated heterocycles. The van der Waals surface area contributed by atoms with Gasteiger partial charge in [0, 0.05) is 12.6 Å². The first-order chi connectivity index (χ1) is 9.04. The van der Waals surface area contributed by atoms with Gasteiger partial charge in [-0.1, -0.05) is 13.3 Å². The largest absolute Gasteiger partial charge is 0.481 e. The van der Waals surface area contributed by atoms with Crippen molar-refractivity contribution < 1.29 is 15.0 Å². The minimum absolute atomic E-state index is 0.245. The fraction of sp³-hybridized carbons (Fsp3) is 0.933. The quantitative estimate of drug-likeness (QED) is 0.744. The number of hydrogen-bond donors (Lipinski definition) is 2. The first kappa shape index (κ1) is 14.8. The summed E-state index contributed by atoms with van der Waals surface area (Å²) in [7, 11) is 0. The van der Waals surface area contributed by atoms with Gasteiger partial charge in [0.1, 0.15) is 0 Å². The third-order valence-electron chi connectivity index (χ3n) is 4.63. The Morgan fingerprint density at radius 3 is 2.37 bits per heavy atom. The van der Waals surface area contributed by atoms with E-state index in [9.17, 15) is 9.90 Å². The minimum atomic E-state index is -0.702. The van der Waals surface area contributed by atoms with Gasteiger partial charge < -0.3 is 10.2 Å². The monoisotopic (exact) mass is 269 g/mol. The van der Waals surface area contributed by atoms with Gasteiger partial charge in [0.15, 0.2) is 0 Å². The molecule has 19 heavy (non-hydrogen) atoms. The Bertz CT molecular complexity index is 307. The Labute approximate surface area is 115 Å². The molecule has 0 bridgehead atoms. The molecule has 2 saturated carbocycles. The average Bonchev–Trinajstić information content (AvgIpc) is 3.19. The van der Waals surface area contributed by atoms with Crippen LogP contribution in [0.2, 0.25) is 0 Å². The molecule has 110 valence electrons. The van der Waals surface area contributed by atoms with Gasteiger partial charge in [0.2, 0.25) is 0 Å². The van der Waals surface area contributed by atoms with Crippen molar-refractivity contribution in [2.45, 2.75) is 69.9 Å². The number of carboxylic acid groups (broad SMARTS) is 1. The summed E-state index contributed by atoms with van der Waals surface area (Å²) in [5.74, 6) is -0.947. The van der Waals surface area contributed by atoms with Crippen molar-refractivity contribution in [1.29, 1.82) is 0 Å². The number of nitrogens with zero attached hydrogens (tertiary/aromatic N) is 1. The highest BCUT2D eigenvalue weighted by atomic mass is 16.4. The molecule has 0 atom stereocenters. The number of unbranched alkanes of at least 4 members (excludes halogenated alkanes) is 1. The second-order valence-electron chi connectivity index (χ2n) is 6.39. The van der Waals surface area contributed by atoms with Gasteiger partial charge in [0.05, 0.1) is 11.5 Å². The van der Waals surface area contributed by atoms with Crippen LogP contribution in [0.5, 0.6) is 0 Å². The lowest BCUT2D eigenvalue weighted by Gasteiger charge is -2.38. The molecular formula is C15H27NO3. The molecule has 2 aliphatic carbocycles. The zero-order valence-corrected chi connectivity index (χ0v) is 12.0. The second-order valence-corrected chi connectivity index (χ2v) is 6.39. The van der Waals surface area contributed by atoms with Crippen molar-refractivity contribution in [3.05, 3.63) is 0 Å². The van der Waals surface area contributed by atoms with Crippen LogP contribution >= 0.6 is 0 Å². The normalized spacial score (nSPS) is 31.6. The number of aliphatic carboxylic acids is 1. The Hall–Kier alpha value is -0.610. The summed E-state index contributed by atoms with van der Waals surface area (Å²) in [4.78, 5) is 13.4. The van der Waals surface area contributed by atoms with Crippen molar-refractivity contribution in [2.24, 2.45) is 5.92 Å². The summed E-state index contributed by atoms with van der Waals surface area (Å²) in [5, 5.41) is 19.7. The fourth-order valence-electron chi connectivity index (χ4n) is 3.13. The molecule has 2 aliphatic rings. The van der Waals surface area contributed by atoms with Crippen molar-refractivity contribution in [2.75, 3.05) is 13.1 Å². The van der Waals surface area contributed by atoms with E-state index in [1.54, 1.807) is 0 Å². The number of hydrogen-bond acceptors (Lipinski definition) is 3. The summed E-state index contributed by atoms with van der Waals surface area (Å²) in [6, 6.07) is 0.674. The maximum absolute atomic E-state index is 11.0. The van der Waals surface area contributed by atoms with Gasteiger partial charge >= 0.3 is 5.97 Å². The van der Waals surface area contributed by atoms with Crippen molar-refractivity contribution in [3.8, 4) is 0 Å². The molecule has 0 aromatic carbocycles. The fourth-order valence-corrected chi connectivity index (χ4v) is 3.13. The van der Waals surface area contributed by atoms with Crippen LogP contribution in [0.15, 0.2) is 0 Å². The van der Waals surface area contributed by atoms with Crippen molar-refractivity contribution in [3.63, 3.8) is 0 Å². The minimum Gasteiger partial charge on any atom is -0.481 e. The summed E-state index contributed by atoms with van der Waals surface area (Å²) in [6.45, 7) is 4.01. The van der Waals surface area contributed by atoms with E-state index < -0.39 is 11.6 Å². The first-order valence-corrected chi connectivity index (χ1v) is 7.73. The highest BCUT2D eigenvalue weighted by Crippen LogP contribution is 2.36. The third kappa shape index (κ3) is 4.18. The van der Waals surface area contributed by atoms with E-state index in [2.05, 4.69) is 11.8 Å². The maximum Gasteiger partial charge on any atom is 0.306 e. The summed E-state index contributed by atoms with van der Waals surface area (Å²) >= 11 is 0. The number of carboxylic acids is 1. The highest BCUT2D eigenvalue weighted by Gasteiger charge is 2.39. The highest BCUT2D eigenvalue weighted by molar-refractivity contribution is 5.70. The van der Waals surface area contributed by atoms with Crippen LogP contribution in [0.25, 0.3) is 0 Å². The SMILES string of the molecule is CCCCN(CC1(O)CCC(C(=O)O)CC1)C1CC1. The lowest BCUT2D eigenvalue weighted by molar-refractivity contribution is -0.145. The second kappa shape index (κ2) is 6.23. The zero-order chi connectivity index (χ0) is 13.9. The van der Waals surface area contributed by atoms with E-state index in [4.69, 9.17) is 5.11 Å². The van der Waals surface area contributed by atoms with Gasteiger partial charge in [-0.3, -0.25) is 9.69 Å². The average molecular weight is 269 g/mol. The van der Waals surface area contributed by atoms with E-state index >= 15 is 0 Å². The van der Waals surface area contributed by atoms with Gasteiger partial charge in [-0.05, 0) is 51.5 Å². The molecule has 0 heterocycles. The van der Waals surface area contributed by atoms with E-state index in [0.29, 0.717) is 31.7 Å². The zero-order valence-electron chi connectivity index (χ0n) is 12.0. The molecule has 0 aliphatic heterocycles. The van der Waals surface area contributed by atoms with E-state index in [1.165, 1.54) is 25.7 Å². The molecule has 2 fully saturated rings. The van der Waals surface area contributed by atoms with Crippen LogP contribution in [-0.4, -0.2) is 45.8 Å². The summed E-state index contributed by atoms with van der Waals surface area (Å²) in [5.41, 5.74) is -0.651. The van der Waals surface area contributed by atoms with Crippen molar-refractivity contribution >= 4 is 5.97 Å². The van der Waals surface area contributed by atoms with E-state index in [0.717, 1.165) is 13.1 Å². The number of rotatable bonds is 7. The lowest BCUT2D eigenvalue weighted by Crippen LogP contribution is -2.47. The Morgan fingerprint density at radius 2 is 1.89 bits per heavy atom. The summed E-state index contributed by atoms with van der Waals surface area (Å²) in [6.07, 6.45) is 7.41. The van der Waals surface area contributed by atoms with Crippen LogP contribution in [0.1, 0.15) is 58.3 Å². The third-order valence-corrected chi connectivity index (χ3v) is 4.63. The van der Waals surface area contributed by atoms with Gasteiger partial charge in [0.25, 0.3) is 0 Å². The number of aliphatic hydroxyl groups is 1. The maximum atomic E-state index is 11.0. The molecule has 0 aromatic heterocycles. The predicted molar refractivity (Wildman–Crippen MR) is 74.0 cm³/mol. The van der Waals surface area contributed by atoms with Gasteiger partial charge in [-0.2, -0.15) is 0 Å². The predicted octanol–water partition coefficient (Wildman–Crippen LogP) is 2.26. The van der Waals surface area contributed by atoms with Crippen LogP contribution in [-0.2, 0) is 4.79 Å². The van der Waals surface area contributed by atoms with Crippen LogP contribution < -0.4 is 0 Å². The lowest BCUT2D eigenvalue weighted by atomic mass is 9.78. The van der Waals surface area contributed by atoms with Crippen LogP contribution in [0, 0.1) is 5.92 Å². The molecule has 2 N–H and O–H groups in total. The topological polar surface area (TPSA) is 60.8 Å².